The van der Waals surface area contributed by atoms with E-state index in [1.165, 1.54) is 16.7 Å². The summed E-state index contributed by atoms with van der Waals surface area (Å²) >= 11 is 0. The topological polar surface area (TPSA) is 47.3 Å². The molecule has 1 aromatic carbocycles. The highest BCUT2D eigenvalue weighted by atomic mass is 16.5. The first kappa shape index (κ1) is 15.2. The molecule has 0 saturated carbocycles. The van der Waals surface area contributed by atoms with Crippen molar-refractivity contribution in [3.05, 3.63) is 34.9 Å². The van der Waals surface area contributed by atoms with Crippen molar-refractivity contribution < 1.29 is 4.74 Å². The third kappa shape index (κ3) is 4.77. The van der Waals surface area contributed by atoms with Crippen LogP contribution in [0.25, 0.3) is 0 Å². The summed E-state index contributed by atoms with van der Waals surface area (Å²) in [6.45, 7) is 6.37. The van der Waals surface area contributed by atoms with Gasteiger partial charge in [0.1, 0.15) is 0 Å². The van der Waals surface area contributed by atoms with Crippen LogP contribution in [-0.4, -0.2) is 19.3 Å². The van der Waals surface area contributed by atoms with E-state index in [4.69, 9.17) is 10.6 Å². The molecule has 102 valence electrons. The van der Waals surface area contributed by atoms with Crippen LogP contribution < -0.4 is 11.3 Å². The first-order valence-electron chi connectivity index (χ1n) is 6.61. The van der Waals surface area contributed by atoms with Crippen molar-refractivity contribution >= 4 is 0 Å². The maximum Gasteiger partial charge on any atom is 0.0543 e. The summed E-state index contributed by atoms with van der Waals surface area (Å²) in [7, 11) is 1.75. The van der Waals surface area contributed by atoms with Crippen molar-refractivity contribution in [1.29, 1.82) is 0 Å². The lowest BCUT2D eigenvalue weighted by molar-refractivity contribution is 0.106. The number of hydrogen-bond donors (Lipinski definition) is 2. The van der Waals surface area contributed by atoms with E-state index < -0.39 is 0 Å². The minimum Gasteiger partial charge on any atom is -0.382 e. The number of hydrogen-bond acceptors (Lipinski definition) is 3. The van der Waals surface area contributed by atoms with Crippen molar-refractivity contribution in [3.8, 4) is 0 Å². The Morgan fingerprint density at radius 3 is 2.50 bits per heavy atom. The van der Waals surface area contributed by atoms with Crippen molar-refractivity contribution in [2.24, 2.45) is 5.84 Å². The Bertz CT molecular complexity index is 366. The summed E-state index contributed by atoms with van der Waals surface area (Å²) in [6.07, 6.45) is 3.31. The molecule has 0 heterocycles. The second-order valence-corrected chi connectivity index (χ2v) is 5.11. The molecule has 0 aromatic heterocycles. The summed E-state index contributed by atoms with van der Waals surface area (Å²) in [6, 6.07) is 6.92. The number of ether oxygens (including phenoxy) is 1. The van der Waals surface area contributed by atoms with Gasteiger partial charge in [0.2, 0.25) is 0 Å². The number of benzene rings is 1. The van der Waals surface area contributed by atoms with E-state index in [-0.39, 0.29) is 0 Å². The molecule has 0 fully saturated rings. The molecule has 3 nitrogen and oxygen atoms in total. The molecule has 0 radical (unpaired) electrons. The van der Waals surface area contributed by atoms with Crippen LogP contribution in [0.2, 0.25) is 0 Å². The molecule has 0 aliphatic heterocycles. The Labute approximate surface area is 111 Å². The largest absolute Gasteiger partial charge is 0.382 e. The first-order valence-corrected chi connectivity index (χ1v) is 6.61. The zero-order valence-corrected chi connectivity index (χ0v) is 12.0. The maximum absolute atomic E-state index is 5.63. The van der Waals surface area contributed by atoms with Crippen molar-refractivity contribution in [1.82, 2.24) is 5.43 Å². The average Bonchev–Trinajstić information content (AvgIpc) is 2.38. The Hall–Kier alpha value is -0.900. The van der Waals surface area contributed by atoms with E-state index in [0.29, 0.717) is 12.1 Å². The van der Waals surface area contributed by atoms with Crippen molar-refractivity contribution in [2.75, 3.05) is 7.11 Å². The molecule has 0 spiro atoms. The summed E-state index contributed by atoms with van der Waals surface area (Å²) in [5, 5.41) is 0. The lowest BCUT2D eigenvalue weighted by Gasteiger charge is -2.18. The minimum absolute atomic E-state index is 0.292. The minimum atomic E-state index is 0.292. The molecule has 3 N–H and O–H groups in total. The number of nitrogens with two attached hydrogens (primary N) is 1. The second-order valence-electron chi connectivity index (χ2n) is 5.11. The molecule has 1 rings (SSSR count). The molecule has 0 aliphatic carbocycles. The highest BCUT2D eigenvalue weighted by Gasteiger charge is 2.10. The predicted molar refractivity (Wildman–Crippen MR) is 76.4 cm³/mol. The fourth-order valence-corrected chi connectivity index (χ4v) is 2.01. The SMILES string of the molecule is COC(C)CCC(Cc1ccc(C)c(C)c1)NN. The third-order valence-corrected chi connectivity index (χ3v) is 3.61. The molecule has 0 saturated heterocycles. The number of rotatable bonds is 7. The lowest BCUT2D eigenvalue weighted by Crippen LogP contribution is -2.37. The number of aryl methyl sites for hydroxylation is 2. The molecule has 0 amide bonds. The van der Waals surface area contributed by atoms with Crippen molar-refractivity contribution in [2.45, 2.75) is 52.2 Å². The van der Waals surface area contributed by atoms with Crippen LogP contribution in [0.1, 0.15) is 36.5 Å². The number of nitrogens with one attached hydrogen (secondary N) is 1. The fraction of sp³-hybridized carbons (Fsp3) is 0.600. The van der Waals surface area contributed by atoms with E-state index in [1.54, 1.807) is 7.11 Å². The van der Waals surface area contributed by atoms with Crippen LogP contribution in [0.4, 0.5) is 0 Å². The van der Waals surface area contributed by atoms with Crippen LogP contribution in [0.15, 0.2) is 18.2 Å². The monoisotopic (exact) mass is 250 g/mol. The predicted octanol–water partition coefficient (Wildman–Crippen LogP) is 2.49. The molecule has 0 aliphatic rings. The van der Waals surface area contributed by atoms with Gasteiger partial charge in [0.25, 0.3) is 0 Å². The Kier molecular flexibility index (Phi) is 6.33. The lowest BCUT2D eigenvalue weighted by atomic mass is 9.98. The highest BCUT2D eigenvalue weighted by Crippen LogP contribution is 2.14. The molecule has 3 heteroatoms. The summed E-state index contributed by atoms with van der Waals surface area (Å²) in [5.74, 6) is 5.63. The smallest absolute Gasteiger partial charge is 0.0543 e. The van der Waals surface area contributed by atoms with Crippen LogP contribution >= 0.6 is 0 Å². The van der Waals surface area contributed by atoms with Gasteiger partial charge in [0.15, 0.2) is 0 Å². The molecule has 2 atom stereocenters. The molecular formula is C15H26N2O. The van der Waals surface area contributed by atoms with Crippen LogP contribution in [0, 0.1) is 13.8 Å². The second kappa shape index (κ2) is 7.52. The van der Waals surface area contributed by atoms with Gasteiger partial charge in [-0.15, -0.1) is 0 Å². The molecule has 0 bridgehead atoms. The standard InChI is InChI=1S/C15H26N2O/c1-11-5-7-14(9-12(11)2)10-15(17-16)8-6-13(3)18-4/h5,7,9,13,15,17H,6,8,10,16H2,1-4H3. The van der Waals surface area contributed by atoms with Gasteiger partial charge >= 0.3 is 0 Å². The summed E-state index contributed by atoms with van der Waals surface area (Å²) in [4.78, 5) is 0. The zero-order chi connectivity index (χ0) is 13.5. The Morgan fingerprint density at radius 1 is 1.22 bits per heavy atom. The van der Waals surface area contributed by atoms with E-state index in [0.717, 1.165) is 19.3 Å². The zero-order valence-electron chi connectivity index (χ0n) is 12.0. The van der Waals surface area contributed by atoms with Gasteiger partial charge in [0, 0.05) is 13.2 Å². The molecule has 1 aromatic rings. The molecular weight excluding hydrogens is 224 g/mol. The van der Waals surface area contributed by atoms with Gasteiger partial charge in [-0.3, -0.25) is 11.3 Å². The maximum atomic E-state index is 5.63. The fourth-order valence-electron chi connectivity index (χ4n) is 2.01. The first-order chi connectivity index (χ1) is 8.56. The Morgan fingerprint density at radius 2 is 1.94 bits per heavy atom. The Balaban J connectivity index is 2.54. The van der Waals surface area contributed by atoms with E-state index >= 15 is 0 Å². The van der Waals surface area contributed by atoms with Gasteiger partial charge < -0.3 is 4.74 Å². The van der Waals surface area contributed by atoms with E-state index in [1.807, 2.05) is 0 Å². The van der Waals surface area contributed by atoms with Gasteiger partial charge in [-0.05, 0) is 56.7 Å². The normalized spacial score (nSPS) is 14.5. The van der Waals surface area contributed by atoms with Crippen LogP contribution in [0.3, 0.4) is 0 Å². The van der Waals surface area contributed by atoms with E-state index in [2.05, 4.69) is 44.4 Å². The van der Waals surface area contributed by atoms with Gasteiger partial charge in [0.05, 0.1) is 6.10 Å². The van der Waals surface area contributed by atoms with Gasteiger partial charge in [-0.1, -0.05) is 18.2 Å². The summed E-state index contributed by atoms with van der Waals surface area (Å²) < 4.78 is 5.26. The van der Waals surface area contributed by atoms with Crippen LogP contribution in [-0.2, 0) is 11.2 Å². The summed E-state index contributed by atoms with van der Waals surface area (Å²) in [5.41, 5.74) is 6.93. The number of hydrazine groups is 1. The van der Waals surface area contributed by atoms with Gasteiger partial charge in [-0.25, -0.2) is 0 Å². The highest BCUT2D eigenvalue weighted by molar-refractivity contribution is 5.30. The molecule has 18 heavy (non-hydrogen) atoms. The quantitative estimate of drug-likeness (QED) is 0.577. The number of methoxy groups -OCH3 is 1. The van der Waals surface area contributed by atoms with Gasteiger partial charge in [-0.2, -0.15) is 0 Å². The van der Waals surface area contributed by atoms with Crippen LogP contribution in [0.5, 0.6) is 0 Å². The average molecular weight is 250 g/mol. The van der Waals surface area contributed by atoms with E-state index in [9.17, 15) is 0 Å². The third-order valence-electron chi connectivity index (χ3n) is 3.61. The van der Waals surface area contributed by atoms with Crippen molar-refractivity contribution in [3.63, 3.8) is 0 Å². The molecule has 2 unspecified atom stereocenters.